The second-order valence-corrected chi connectivity index (χ2v) is 4.78. The average molecular weight is 356 g/mol. The molecule has 0 spiro atoms. The highest BCUT2D eigenvalue weighted by Crippen LogP contribution is 2.31. The summed E-state index contributed by atoms with van der Waals surface area (Å²) in [6, 6.07) is 6.84. The van der Waals surface area contributed by atoms with Crippen LogP contribution in [-0.4, -0.2) is 16.0 Å². The lowest BCUT2D eigenvalue weighted by molar-refractivity contribution is -0.384. The summed E-state index contributed by atoms with van der Waals surface area (Å²) in [4.78, 5) is 21.2. The van der Waals surface area contributed by atoms with E-state index in [1.165, 1.54) is 12.1 Å². The number of hydrogen-bond donors (Lipinski definition) is 1. The number of benzene rings is 2. The maximum atomic E-state index is 13.1. The molecule has 0 atom stereocenters. The van der Waals surface area contributed by atoms with Crippen LogP contribution in [-0.2, 0) is 0 Å². The Morgan fingerprint density at radius 3 is 2.57 bits per heavy atom. The molecule has 0 aliphatic carbocycles. The van der Waals surface area contributed by atoms with Crippen molar-refractivity contribution in [3.8, 4) is 11.5 Å². The van der Waals surface area contributed by atoms with Crippen molar-refractivity contribution in [1.82, 2.24) is 0 Å². The fourth-order valence-electron chi connectivity index (χ4n) is 1.55. The van der Waals surface area contributed by atoms with Crippen LogP contribution in [0.1, 0.15) is 10.4 Å². The number of nitro benzene ring substituents is 1. The number of carboxylic acid groups (broad SMARTS) is 1. The SMILES string of the molecule is O=C(O)c1ccc([N+](=O)[O-])cc1Oc1ccc(F)c(Br)c1. The molecule has 0 aliphatic rings. The molecule has 6 nitrogen and oxygen atoms in total. The van der Waals surface area contributed by atoms with Crippen molar-refractivity contribution in [3.63, 3.8) is 0 Å². The Kier molecular flexibility index (Phi) is 4.18. The molecule has 8 heteroatoms. The Balaban J connectivity index is 2.45. The van der Waals surface area contributed by atoms with Gasteiger partial charge in [-0.3, -0.25) is 10.1 Å². The van der Waals surface area contributed by atoms with Crippen LogP contribution in [0.5, 0.6) is 11.5 Å². The molecule has 21 heavy (non-hydrogen) atoms. The van der Waals surface area contributed by atoms with Crippen molar-refractivity contribution < 1.29 is 24.0 Å². The Bertz CT molecular complexity index is 734. The minimum Gasteiger partial charge on any atom is -0.478 e. The van der Waals surface area contributed by atoms with E-state index in [1.54, 1.807) is 0 Å². The molecule has 108 valence electrons. The molecular formula is C13H7BrFNO5. The van der Waals surface area contributed by atoms with Crippen molar-refractivity contribution in [1.29, 1.82) is 0 Å². The second kappa shape index (κ2) is 5.88. The van der Waals surface area contributed by atoms with Gasteiger partial charge in [-0.1, -0.05) is 0 Å². The van der Waals surface area contributed by atoms with Crippen LogP contribution >= 0.6 is 15.9 Å². The maximum Gasteiger partial charge on any atom is 0.339 e. The van der Waals surface area contributed by atoms with E-state index in [1.807, 2.05) is 0 Å². The minimum atomic E-state index is -1.29. The zero-order valence-corrected chi connectivity index (χ0v) is 11.8. The predicted octanol–water partition coefficient (Wildman–Crippen LogP) is 3.99. The first-order chi connectivity index (χ1) is 9.88. The molecule has 0 radical (unpaired) electrons. The van der Waals surface area contributed by atoms with E-state index < -0.39 is 16.7 Å². The second-order valence-electron chi connectivity index (χ2n) is 3.92. The van der Waals surface area contributed by atoms with E-state index in [2.05, 4.69) is 15.9 Å². The maximum absolute atomic E-state index is 13.1. The van der Waals surface area contributed by atoms with Crippen molar-refractivity contribution in [2.75, 3.05) is 0 Å². The van der Waals surface area contributed by atoms with Crippen LogP contribution in [0, 0.1) is 15.9 Å². The highest BCUT2D eigenvalue weighted by atomic mass is 79.9. The Morgan fingerprint density at radius 1 is 1.29 bits per heavy atom. The Hall–Kier alpha value is -2.48. The number of rotatable bonds is 4. The van der Waals surface area contributed by atoms with Crippen LogP contribution in [0.3, 0.4) is 0 Å². The van der Waals surface area contributed by atoms with Gasteiger partial charge in [0, 0.05) is 6.07 Å². The Morgan fingerprint density at radius 2 is 2.00 bits per heavy atom. The third-order valence-corrected chi connectivity index (χ3v) is 3.13. The first-order valence-electron chi connectivity index (χ1n) is 5.53. The number of carboxylic acids is 1. The van der Waals surface area contributed by atoms with E-state index in [0.717, 1.165) is 24.3 Å². The number of nitrogens with zero attached hydrogens (tertiary/aromatic N) is 1. The van der Waals surface area contributed by atoms with Crippen LogP contribution in [0.4, 0.5) is 10.1 Å². The van der Waals surface area contributed by atoms with Crippen molar-refractivity contribution in [2.24, 2.45) is 0 Å². The third-order valence-electron chi connectivity index (χ3n) is 2.53. The zero-order valence-electron chi connectivity index (χ0n) is 10.2. The number of non-ortho nitro benzene ring substituents is 1. The molecule has 0 unspecified atom stereocenters. The first kappa shape index (κ1) is 14.9. The predicted molar refractivity (Wildman–Crippen MR) is 74.2 cm³/mol. The quantitative estimate of drug-likeness (QED) is 0.661. The summed E-state index contributed by atoms with van der Waals surface area (Å²) in [7, 11) is 0. The van der Waals surface area contributed by atoms with Gasteiger partial charge >= 0.3 is 5.97 Å². The summed E-state index contributed by atoms with van der Waals surface area (Å²) in [6.45, 7) is 0. The molecule has 0 bridgehead atoms. The molecule has 0 fully saturated rings. The molecule has 0 saturated carbocycles. The lowest BCUT2D eigenvalue weighted by Crippen LogP contribution is -2.01. The standard InChI is InChI=1S/C13H7BrFNO5/c14-10-6-8(2-4-11(10)15)21-12-5-7(16(19)20)1-3-9(12)13(17)18/h1-6H,(H,17,18). The number of ether oxygens (including phenoxy) is 1. The van der Waals surface area contributed by atoms with E-state index >= 15 is 0 Å². The van der Waals surface area contributed by atoms with Gasteiger partial charge in [-0.25, -0.2) is 9.18 Å². The van der Waals surface area contributed by atoms with Gasteiger partial charge in [-0.05, 0) is 40.2 Å². The summed E-state index contributed by atoms with van der Waals surface area (Å²) >= 11 is 2.97. The third kappa shape index (κ3) is 3.34. The van der Waals surface area contributed by atoms with Crippen LogP contribution in [0.15, 0.2) is 40.9 Å². The molecular weight excluding hydrogens is 349 g/mol. The van der Waals surface area contributed by atoms with Crippen LogP contribution < -0.4 is 4.74 Å². The fraction of sp³-hybridized carbons (Fsp3) is 0. The summed E-state index contributed by atoms with van der Waals surface area (Å²) in [5, 5.41) is 19.8. The van der Waals surface area contributed by atoms with Gasteiger partial charge in [0.05, 0.1) is 15.5 Å². The van der Waals surface area contributed by atoms with E-state index in [4.69, 9.17) is 9.84 Å². The van der Waals surface area contributed by atoms with E-state index in [0.29, 0.717) is 0 Å². The molecule has 2 aromatic carbocycles. The molecule has 0 aromatic heterocycles. The van der Waals surface area contributed by atoms with Gasteiger partial charge in [-0.15, -0.1) is 0 Å². The van der Waals surface area contributed by atoms with Gasteiger partial charge < -0.3 is 9.84 Å². The monoisotopic (exact) mass is 355 g/mol. The van der Waals surface area contributed by atoms with E-state index in [-0.39, 0.29) is 27.2 Å². The summed E-state index contributed by atoms with van der Waals surface area (Å²) in [5.74, 6) is -1.86. The van der Waals surface area contributed by atoms with Gasteiger partial charge in [0.15, 0.2) is 0 Å². The molecule has 0 amide bonds. The molecule has 1 N–H and O–H groups in total. The fourth-order valence-corrected chi connectivity index (χ4v) is 1.91. The number of hydrogen-bond acceptors (Lipinski definition) is 4. The highest BCUT2D eigenvalue weighted by molar-refractivity contribution is 9.10. The lowest BCUT2D eigenvalue weighted by atomic mass is 10.2. The van der Waals surface area contributed by atoms with E-state index in [9.17, 15) is 19.3 Å². The van der Waals surface area contributed by atoms with Crippen LogP contribution in [0.25, 0.3) is 0 Å². The minimum absolute atomic E-state index is 0.127. The molecule has 0 saturated heterocycles. The molecule has 2 aromatic rings. The Labute approximate surface area is 126 Å². The topological polar surface area (TPSA) is 89.7 Å². The normalized spacial score (nSPS) is 10.2. The summed E-state index contributed by atoms with van der Waals surface area (Å²) in [5.41, 5.74) is -0.544. The smallest absolute Gasteiger partial charge is 0.339 e. The summed E-state index contributed by atoms with van der Waals surface area (Å²) < 4.78 is 18.6. The number of carbonyl (C=O) groups is 1. The number of aromatic carboxylic acids is 1. The van der Waals surface area contributed by atoms with Gasteiger partial charge in [0.2, 0.25) is 0 Å². The highest BCUT2D eigenvalue weighted by Gasteiger charge is 2.17. The van der Waals surface area contributed by atoms with Crippen molar-refractivity contribution in [2.45, 2.75) is 0 Å². The molecule has 2 rings (SSSR count). The first-order valence-corrected chi connectivity index (χ1v) is 6.32. The zero-order chi connectivity index (χ0) is 15.6. The van der Waals surface area contributed by atoms with Gasteiger partial charge in [0.1, 0.15) is 22.9 Å². The largest absolute Gasteiger partial charge is 0.478 e. The summed E-state index contributed by atoms with van der Waals surface area (Å²) in [6.07, 6.45) is 0. The number of halogens is 2. The lowest BCUT2D eigenvalue weighted by Gasteiger charge is -2.09. The van der Waals surface area contributed by atoms with Gasteiger partial charge in [0.25, 0.3) is 5.69 Å². The van der Waals surface area contributed by atoms with Crippen LogP contribution in [0.2, 0.25) is 0 Å². The average Bonchev–Trinajstić information content (AvgIpc) is 2.42. The number of nitro groups is 1. The molecule has 0 heterocycles. The van der Waals surface area contributed by atoms with Crippen molar-refractivity contribution >= 4 is 27.6 Å². The molecule has 0 aliphatic heterocycles. The van der Waals surface area contributed by atoms with Crippen molar-refractivity contribution in [3.05, 3.63) is 62.4 Å². The van der Waals surface area contributed by atoms with Gasteiger partial charge in [-0.2, -0.15) is 0 Å².